The Morgan fingerprint density at radius 2 is 2.13 bits per heavy atom. The molecule has 2 aromatic rings. The molecule has 2 heterocycles. The number of hydrogen-bond donors (Lipinski definition) is 1. The minimum atomic E-state index is -0.513. The molecule has 0 atom stereocenters. The van der Waals surface area contributed by atoms with Crippen LogP contribution in [0.2, 0.25) is 0 Å². The fraction of sp³-hybridized carbons (Fsp3) is 0.467. The highest BCUT2D eigenvalue weighted by Gasteiger charge is 2.36. The SMILES string of the molecule is CC(C)(C)OC(=O)N1CC(c2nc3ccc([N+](=O)[O-])cc3[nH]2)C1. The minimum Gasteiger partial charge on any atom is -0.444 e. The van der Waals surface area contributed by atoms with Crippen molar-refractivity contribution >= 4 is 22.8 Å². The lowest BCUT2D eigenvalue weighted by molar-refractivity contribution is -0.384. The number of carbonyl (C=O) groups excluding carboxylic acids is 1. The Morgan fingerprint density at radius 3 is 2.74 bits per heavy atom. The monoisotopic (exact) mass is 318 g/mol. The molecule has 0 aliphatic carbocycles. The summed E-state index contributed by atoms with van der Waals surface area (Å²) in [5.74, 6) is 0.828. The molecule has 8 heteroatoms. The second-order valence-electron chi connectivity index (χ2n) is 6.66. The van der Waals surface area contributed by atoms with E-state index in [1.54, 1.807) is 11.0 Å². The molecule has 1 aliphatic rings. The smallest absolute Gasteiger partial charge is 0.410 e. The zero-order valence-electron chi connectivity index (χ0n) is 13.2. The number of aromatic nitrogens is 2. The zero-order chi connectivity index (χ0) is 16.8. The van der Waals surface area contributed by atoms with Crippen molar-refractivity contribution in [2.45, 2.75) is 32.3 Å². The van der Waals surface area contributed by atoms with Crippen molar-refractivity contribution in [3.63, 3.8) is 0 Å². The highest BCUT2D eigenvalue weighted by atomic mass is 16.6. The van der Waals surface area contributed by atoms with E-state index in [4.69, 9.17) is 4.74 Å². The van der Waals surface area contributed by atoms with Crippen molar-refractivity contribution < 1.29 is 14.5 Å². The third kappa shape index (κ3) is 3.10. The summed E-state index contributed by atoms with van der Waals surface area (Å²) in [4.78, 5) is 31.4. The van der Waals surface area contributed by atoms with Crippen LogP contribution in [0.25, 0.3) is 11.0 Å². The van der Waals surface area contributed by atoms with Crippen LogP contribution in [0.5, 0.6) is 0 Å². The lowest BCUT2D eigenvalue weighted by atomic mass is 10.0. The molecular weight excluding hydrogens is 300 g/mol. The number of nitrogens with zero attached hydrogens (tertiary/aromatic N) is 3. The van der Waals surface area contributed by atoms with Gasteiger partial charge in [-0.05, 0) is 26.8 Å². The Kier molecular flexibility index (Phi) is 3.46. The predicted octanol–water partition coefficient (Wildman–Crippen LogP) is 2.81. The molecule has 122 valence electrons. The number of hydrogen-bond acceptors (Lipinski definition) is 5. The van der Waals surface area contributed by atoms with Crippen molar-refractivity contribution in [3.05, 3.63) is 34.1 Å². The van der Waals surface area contributed by atoms with E-state index in [-0.39, 0.29) is 17.7 Å². The Morgan fingerprint density at radius 1 is 1.43 bits per heavy atom. The summed E-state index contributed by atoms with van der Waals surface area (Å²) in [7, 11) is 0. The molecule has 0 radical (unpaired) electrons. The molecule has 23 heavy (non-hydrogen) atoms. The first-order chi connectivity index (χ1) is 10.7. The zero-order valence-corrected chi connectivity index (χ0v) is 13.2. The van der Waals surface area contributed by atoms with Crippen molar-refractivity contribution in [1.82, 2.24) is 14.9 Å². The van der Waals surface area contributed by atoms with E-state index in [2.05, 4.69) is 9.97 Å². The largest absolute Gasteiger partial charge is 0.444 e. The van der Waals surface area contributed by atoms with Crippen LogP contribution in [0.3, 0.4) is 0 Å². The number of nitrogens with one attached hydrogen (secondary N) is 1. The van der Waals surface area contributed by atoms with Crippen LogP contribution in [0.4, 0.5) is 10.5 Å². The fourth-order valence-electron chi connectivity index (χ4n) is 2.45. The molecular formula is C15H18N4O4. The van der Waals surface area contributed by atoms with Gasteiger partial charge in [-0.1, -0.05) is 0 Å². The van der Waals surface area contributed by atoms with Crippen molar-refractivity contribution in [2.24, 2.45) is 0 Å². The lowest BCUT2D eigenvalue weighted by Gasteiger charge is -2.38. The van der Waals surface area contributed by atoms with E-state index in [1.165, 1.54) is 12.1 Å². The average Bonchev–Trinajstić information content (AvgIpc) is 2.76. The van der Waals surface area contributed by atoms with Crippen LogP contribution in [-0.4, -0.2) is 44.6 Å². The summed E-state index contributed by atoms with van der Waals surface area (Å²) < 4.78 is 5.31. The van der Waals surface area contributed by atoms with E-state index < -0.39 is 10.5 Å². The first kappa shape index (κ1) is 15.3. The molecule has 1 aliphatic heterocycles. The number of H-pyrrole nitrogens is 1. The lowest BCUT2D eigenvalue weighted by Crippen LogP contribution is -2.50. The van der Waals surface area contributed by atoms with Crippen LogP contribution in [0.15, 0.2) is 18.2 Å². The van der Waals surface area contributed by atoms with E-state index in [9.17, 15) is 14.9 Å². The minimum absolute atomic E-state index is 0.0247. The van der Waals surface area contributed by atoms with Gasteiger partial charge in [0.15, 0.2) is 0 Å². The summed E-state index contributed by atoms with van der Waals surface area (Å²) >= 11 is 0. The quantitative estimate of drug-likeness (QED) is 0.677. The number of carbonyl (C=O) groups is 1. The van der Waals surface area contributed by atoms with Gasteiger partial charge >= 0.3 is 6.09 Å². The highest BCUT2D eigenvalue weighted by Crippen LogP contribution is 2.29. The summed E-state index contributed by atoms with van der Waals surface area (Å²) in [6, 6.07) is 4.52. The Hall–Kier alpha value is -2.64. The highest BCUT2D eigenvalue weighted by molar-refractivity contribution is 5.78. The molecule has 1 aromatic carbocycles. The van der Waals surface area contributed by atoms with E-state index in [1.807, 2.05) is 20.8 Å². The third-order valence-corrected chi connectivity index (χ3v) is 3.61. The first-order valence-corrected chi connectivity index (χ1v) is 7.35. The van der Waals surface area contributed by atoms with Gasteiger partial charge in [0.05, 0.1) is 21.9 Å². The molecule has 1 aromatic heterocycles. The van der Waals surface area contributed by atoms with Gasteiger partial charge < -0.3 is 14.6 Å². The van der Waals surface area contributed by atoms with Gasteiger partial charge in [-0.15, -0.1) is 0 Å². The molecule has 1 N–H and O–H groups in total. The van der Waals surface area contributed by atoms with Gasteiger partial charge in [0, 0.05) is 25.2 Å². The topological polar surface area (TPSA) is 101 Å². The van der Waals surface area contributed by atoms with Crippen molar-refractivity contribution in [2.75, 3.05) is 13.1 Å². The normalized spacial score (nSPS) is 15.5. The predicted molar refractivity (Wildman–Crippen MR) is 83.3 cm³/mol. The Balaban J connectivity index is 1.69. The van der Waals surface area contributed by atoms with Gasteiger partial charge in [-0.2, -0.15) is 0 Å². The summed E-state index contributed by atoms with van der Waals surface area (Å²) in [5.41, 5.74) is 0.823. The molecule has 1 amide bonds. The third-order valence-electron chi connectivity index (χ3n) is 3.61. The number of rotatable bonds is 2. The summed E-state index contributed by atoms with van der Waals surface area (Å²) in [5, 5.41) is 10.8. The first-order valence-electron chi connectivity index (χ1n) is 7.35. The maximum atomic E-state index is 11.9. The van der Waals surface area contributed by atoms with E-state index in [0.717, 1.165) is 5.82 Å². The van der Waals surface area contributed by atoms with Crippen molar-refractivity contribution in [1.29, 1.82) is 0 Å². The van der Waals surface area contributed by atoms with Crippen LogP contribution >= 0.6 is 0 Å². The second kappa shape index (κ2) is 5.22. The van der Waals surface area contributed by atoms with Gasteiger partial charge in [0.1, 0.15) is 11.4 Å². The second-order valence-corrected chi connectivity index (χ2v) is 6.66. The summed E-state index contributed by atoms with van der Waals surface area (Å²) in [6.07, 6.45) is -0.333. The molecule has 8 nitrogen and oxygen atoms in total. The van der Waals surface area contributed by atoms with Crippen LogP contribution in [0, 0.1) is 10.1 Å². The number of fused-ring (bicyclic) bond motifs is 1. The molecule has 0 spiro atoms. The maximum absolute atomic E-state index is 11.9. The molecule has 0 unspecified atom stereocenters. The van der Waals surface area contributed by atoms with Crippen LogP contribution in [0.1, 0.15) is 32.5 Å². The Labute approximate surface area is 132 Å². The van der Waals surface area contributed by atoms with Crippen LogP contribution in [-0.2, 0) is 4.74 Å². The molecule has 0 saturated carbocycles. The number of imidazole rings is 1. The molecule has 1 fully saturated rings. The van der Waals surface area contributed by atoms with Gasteiger partial charge in [-0.3, -0.25) is 10.1 Å². The number of amides is 1. The molecule has 1 saturated heterocycles. The van der Waals surface area contributed by atoms with Gasteiger partial charge in [0.2, 0.25) is 0 Å². The van der Waals surface area contributed by atoms with Gasteiger partial charge in [0.25, 0.3) is 5.69 Å². The average molecular weight is 318 g/mol. The maximum Gasteiger partial charge on any atom is 0.410 e. The standard InChI is InChI=1S/C15H18N4O4/c1-15(2,3)23-14(20)18-7-9(8-18)13-16-11-5-4-10(19(21)22)6-12(11)17-13/h4-6,9H,7-8H2,1-3H3,(H,16,17). The Bertz CT molecular complexity index is 771. The van der Waals surface area contributed by atoms with E-state index >= 15 is 0 Å². The van der Waals surface area contributed by atoms with Crippen LogP contribution < -0.4 is 0 Å². The number of likely N-dealkylation sites (tertiary alicyclic amines) is 1. The number of non-ortho nitro benzene ring substituents is 1. The number of nitro benzene ring substituents is 1. The number of aromatic amines is 1. The van der Waals surface area contributed by atoms with E-state index in [0.29, 0.717) is 24.1 Å². The summed E-state index contributed by atoms with van der Waals surface area (Å²) in [6.45, 7) is 6.53. The number of ether oxygens (including phenoxy) is 1. The van der Waals surface area contributed by atoms with Gasteiger partial charge in [-0.25, -0.2) is 9.78 Å². The molecule has 3 rings (SSSR count). The van der Waals surface area contributed by atoms with Crippen molar-refractivity contribution in [3.8, 4) is 0 Å². The number of nitro groups is 1. The molecule has 0 bridgehead atoms. The number of benzene rings is 1. The fourth-order valence-corrected chi connectivity index (χ4v) is 2.45.